The molecule has 1 aliphatic rings. The van der Waals surface area contributed by atoms with Crippen molar-refractivity contribution in [2.45, 2.75) is 26.2 Å². The van der Waals surface area contributed by atoms with E-state index in [9.17, 15) is 4.79 Å². The van der Waals surface area contributed by atoms with Gasteiger partial charge in [0, 0.05) is 29.6 Å². The van der Waals surface area contributed by atoms with Crippen LogP contribution in [0.4, 0.5) is 0 Å². The Balaban J connectivity index is 1.68. The van der Waals surface area contributed by atoms with Crippen LogP contribution in [0, 0.1) is 0 Å². The number of nitrogens with zero attached hydrogens (tertiary/aromatic N) is 2. The van der Waals surface area contributed by atoms with Crippen molar-refractivity contribution >= 4 is 16.8 Å². The highest BCUT2D eigenvalue weighted by Gasteiger charge is 2.18. The molecule has 1 saturated heterocycles. The maximum Gasteiger partial charge on any atom is 0.260 e. The van der Waals surface area contributed by atoms with Gasteiger partial charge in [0.05, 0.1) is 18.7 Å². The van der Waals surface area contributed by atoms with Gasteiger partial charge in [0.1, 0.15) is 5.75 Å². The molecule has 0 spiro atoms. The lowest BCUT2D eigenvalue weighted by molar-refractivity contribution is -0.137. The summed E-state index contributed by atoms with van der Waals surface area (Å²) >= 11 is 0. The van der Waals surface area contributed by atoms with Crippen molar-refractivity contribution in [1.29, 1.82) is 0 Å². The number of ether oxygens (including phenoxy) is 2. The van der Waals surface area contributed by atoms with E-state index in [1.807, 2.05) is 24.3 Å². The Morgan fingerprint density at radius 1 is 1.21 bits per heavy atom. The van der Waals surface area contributed by atoms with Crippen molar-refractivity contribution in [2.75, 3.05) is 32.9 Å². The fourth-order valence-corrected chi connectivity index (χ4v) is 2.66. The summed E-state index contributed by atoms with van der Waals surface area (Å²) < 4.78 is 10.9. The highest BCUT2D eigenvalue weighted by molar-refractivity contribution is 5.81. The lowest BCUT2D eigenvalue weighted by atomic mass is 9.91. The van der Waals surface area contributed by atoms with Gasteiger partial charge in [0.15, 0.2) is 6.61 Å². The molecule has 0 atom stereocenters. The lowest BCUT2D eigenvalue weighted by Crippen LogP contribution is -2.42. The third-order valence-electron chi connectivity index (χ3n) is 4.16. The van der Waals surface area contributed by atoms with E-state index in [-0.39, 0.29) is 17.9 Å². The highest BCUT2D eigenvalue weighted by atomic mass is 16.5. The zero-order valence-electron chi connectivity index (χ0n) is 14.5. The number of hydrogen-bond acceptors (Lipinski definition) is 4. The van der Waals surface area contributed by atoms with Gasteiger partial charge in [-0.05, 0) is 24.3 Å². The largest absolute Gasteiger partial charge is 0.484 e. The molecule has 2 aromatic rings. The maximum atomic E-state index is 12.1. The number of aromatic nitrogens is 1. The molecule has 0 unspecified atom stereocenters. The Labute approximate surface area is 142 Å². The molecule has 128 valence electrons. The molecule has 0 radical (unpaired) electrons. The number of morpholine rings is 1. The topological polar surface area (TPSA) is 51.7 Å². The summed E-state index contributed by atoms with van der Waals surface area (Å²) in [6, 6.07) is 9.85. The molecule has 1 aliphatic heterocycles. The third kappa shape index (κ3) is 3.85. The summed E-state index contributed by atoms with van der Waals surface area (Å²) in [7, 11) is 0. The summed E-state index contributed by atoms with van der Waals surface area (Å²) in [5.74, 6) is 0.689. The first-order chi connectivity index (χ1) is 11.4. The van der Waals surface area contributed by atoms with Gasteiger partial charge in [-0.15, -0.1) is 0 Å². The predicted octanol–water partition coefficient (Wildman–Crippen LogP) is 2.77. The van der Waals surface area contributed by atoms with Crippen molar-refractivity contribution in [2.24, 2.45) is 0 Å². The molecule has 0 aliphatic carbocycles. The predicted molar refractivity (Wildman–Crippen MR) is 93.3 cm³/mol. The van der Waals surface area contributed by atoms with Crippen LogP contribution in [0.15, 0.2) is 30.3 Å². The normalized spacial score (nSPS) is 15.5. The first kappa shape index (κ1) is 16.7. The van der Waals surface area contributed by atoms with E-state index in [0.717, 1.165) is 16.6 Å². The lowest BCUT2D eigenvalue weighted by Gasteiger charge is -2.26. The van der Waals surface area contributed by atoms with Gasteiger partial charge in [-0.3, -0.25) is 9.78 Å². The Hall–Kier alpha value is -2.14. The minimum Gasteiger partial charge on any atom is -0.484 e. The van der Waals surface area contributed by atoms with Crippen LogP contribution in [0.1, 0.15) is 26.5 Å². The van der Waals surface area contributed by atoms with Crippen LogP contribution in [0.5, 0.6) is 5.75 Å². The van der Waals surface area contributed by atoms with E-state index in [1.54, 1.807) is 4.90 Å². The average molecular weight is 328 g/mol. The van der Waals surface area contributed by atoms with Crippen LogP contribution in [0.2, 0.25) is 0 Å². The molecule has 0 bridgehead atoms. The fraction of sp³-hybridized carbons (Fsp3) is 0.474. The summed E-state index contributed by atoms with van der Waals surface area (Å²) in [6.07, 6.45) is 0. The standard InChI is InChI=1S/C19H24N2O3/c1-19(2,3)17-7-4-14-12-15(5-6-16(14)20-17)24-13-18(22)21-8-10-23-11-9-21/h4-7,12H,8-11,13H2,1-3H3. The number of hydrogen-bond donors (Lipinski definition) is 0. The molecule has 0 N–H and O–H groups in total. The second-order valence-corrected chi connectivity index (χ2v) is 7.08. The summed E-state index contributed by atoms with van der Waals surface area (Å²) in [5.41, 5.74) is 2.02. The van der Waals surface area contributed by atoms with Gasteiger partial charge in [-0.25, -0.2) is 0 Å². The second-order valence-electron chi connectivity index (χ2n) is 7.08. The third-order valence-corrected chi connectivity index (χ3v) is 4.16. The van der Waals surface area contributed by atoms with Crippen LogP contribution >= 0.6 is 0 Å². The van der Waals surface area contributed by atoms with Crippen molar-refractivity contribution in [3.8, 4) is 5.75 Å². The Kier molecular flexibility index (Phi) is 4.71. The molecule has 1 aromatic heterocycles. The minimum absolute atomic E-state index is 0.000368. The molecule has 24 heavy (non-hydrogen) atoms. The number of amides is 1. The number of fused-ring (bicyclic) bond motifs is 1. The summed E-state index contributed by atoms with van der Waals surface area (Å²) in [5, 5.41) is 1.01. The Morgan fingerprint density at radius 2 is 1.96 bits per heavy atom. The van der Waals surface area contributed by atoms with Crippen LogP contribution in [-0.4, -0.2) is 48.7 Å². The highest BCUT2D eigenvalue weighted by Crippen LogP contribution is 2.25. The van der Waals surface area contributed by atoms with Gasteiger partial charge < -0.3 is 14.4 Å². The zero-order chi connectivity index (χ0) is 17.2. The van der Waals surface area contributed by atoms with Crippen LogP contribution in [-0.2, 0) is 14.9 Å². The van der Waals surface area contributed by atoms with Gasteiger partial charge in [0.25, 0.3) is 5.91 Å². The van der Waals surface area contributed by atoms with Crippen molar-refractivity contribution in [3.05, 3.63) is 36.0 Å². The monoisotopic (exact) mass is 328 g/mol. The van der Waals surface area contributed by atoms with E-state index in [1.165, 1.54) is 0 Å². The van der Waals surface area contributed by atoms with E-state index in [4.69, 9.17) is 14.5 Å². The second kappa shape index (κ2) is 6.77. The Bertz CT molecular complexity index is 731. The molecular formula is C19H24N2O3. The van der Waals surface area contributed by atoms with Crippen molar-refractivity contribution in [1.82, 2.24) is 9.88 Å². The molecule has 1 aromatic carbocycles. The fourth-order valence-electron chi connectivity index (χ4n) is 2.66. The quantitative estimate of drug-likeness (QED) is 0.869. The molecular weight excluding hydrogens is 304 g/mol. The van der Waals surface area contributed by atoms with E-state index in [0.29, 0.717) is 32.1 Å². The van der Waals surface area contributed by atoms with Gasteiger partial charge in [-0.1, -0.05) is 26.8 Å². The molecule has 3 rings (SSSR count). The molecule has 1 amide bonds. The number of rotatable bonds is 3. The average Bonchev–Trinajstić information content (AvgIpc) is 2.59. The minimum atomic E-state index is -0.000368. The molecule has 0 saturated carbocycles. The molecule has 2 heterocycles. The number of carbonyl (C=O) groups is 1. The summed E-state index contributed by atoms with van der Waals surface area (Å²) in [4.78, 5) is 18.6. The van der Waals surface area contributed by atoms with E-state index < -0.39 is 0 Å². The SMILES string of the molecule is CC(C)(C)c1ccc2cc(OCC(=O)N3CCOCC3)ccc2n1. The van der Waals surface area contributed by atoms with E-state index >= 15 is 0 Å². The van der Waals surface area contributed by atoms with E-state index in [2.05, 4.69) is 26.8 Å². The summed E-state index contributed by atoms with van der Waals surface area (Å²) in [6.45, 7) is 8.98. The number of carbonyl (C=O) groups excluding carboxylic acids is 1. The molecule has 1 fully saturated rings. The molecule has 5 nitrogen and oxygen atoms in total. The number of benzene rings is 1. The van der Waals surface area contributed by atoms with Crippen molar-refractivity contribution in [3.63, 3.8) is 0 Å². The molecule has 5 heteroatoms. The van der Waals surface area contributed by atoms with Crippen LogP contribution in [0.25, 0.3) is 10.9 Å². The van der Waals surface area contributed by atoms with Gasteiger partial charge in [-0.2, -0.15) is 0 Å². The van der Waals surface area contributed by atoms with Gasteiger partial charge >= 0.3 is 0 Å². The first-order valence-electron chi connectivity index (χ1n) is 8.33. The van der Waals surface area contributed by atoms with Crippen LogP contribution in [0.3, 0.4) is 0 Å². The van der Waals surface area contributed by atoms with Crippen LogP contribution < -0.4 is 4.74 Å². The smallest absolute Gasteiger partial charge is 0.260 e. The first-order valence-corrected chi connectivity index (χ1v) is 8.33. The maximum absolute atomic E-state index is 12.1. The van der Waals surface area contributed by atoms with Gasteiger partial charge in [0.2, 0.25) is 0 Å². The zero-order valence-corrected chi connectivity index (χ0v) is 14.5. The number of pyridine rings is 1. The van der Waals surface area contributed by atoms with Crippen molar-refractivity contribution < 1.29 is 14.3 Å². The Morgan fingerprint density at radius 3 is 2.67 bits per heavy atom.